The lowest BCUT2D eigenvalue weighted by Crippen LogP contribution is -2.52. The van der Waals surface area contributed by atoms with Crippen LogP contribution < -0.4 is 9.80 Å². The Morgan fingerprint density at radius 2 is 0.917 bits per heavy atom. The molecule has 4 amide bonds. The number of amides is 4. The summed E-state index contributed by atoms with van der Waals surface area (Å²) in [6.07, 6.45) is 0.367. The van der Waals surface area contributed by atoms with Crippen molar-refractivity contribution in [2.24, 2.45) is 0 Å². The SMILES string of the molecule is CCN1CCN([C@@H]2CC(=O)N(c3ccc(N4C(=O)C[C@H](N5CCN(CC)CC5)C4=O)cc3)C2=O)CC1. The van der Waals surface area contributed by atoms with E-state index in [0.29, 0.717) is 11.4 Å². The summed E-state index contributed by atoms with van der Waals surface area (Å²) < 4.78 is 0. The van der Waals surface area contributed by atoms with E-state index in [0.717, 1.165) is 65.4 Å². The molecule has 2 atom stereocenters. The van der Waals surface area contributed by atoms with Crippen LogP contribution in [-0.2, 0) is 19.2 Å². The van der Waals surface area contributed by atoms with Crippen LogP contribution in [0, 0.1) is 0 Å². The summed E-state index contributed by atoms with van der Waals surface area (Å²) in [7, 11) is 0. The summed E-state index contributed by atoms with van der Waals surface area (Å²) in [5.74, 6) is -0.819. The number of anilines is 2. The van der Waals surface area contributed by atoms with Crippen molar-refractivity contribution in [3.63, 3.8) is 0 Å². The van der Waals surface area contributed by atoms with E-state index in [1.807, 2.05) is 0 Å². The van der Waals surface area contributed by atoms with Crippen LogP contribution >= 0.6 is 0 Å². The van der Waals surface area contributed by atoms with Crippen LogP contribution in [-0.4, -0.2) is 121 Å². The van der Waals surface area contributed by atoms with Crippen molar-refractivity contribution in [1.29, 1.82) is 0 Å². The van der Waals surface area contributed by atoms with Crippen LogP contribution in [0.25, 0.3) is 0 Å². The molecule has 0 unspecified atom stereocenters. The zero-order chi connectivity index (χ0) is 25.4. The molecule has 0 spiro atoms. The Bertz CT molecular complexity index is 933. The molecule has 4 fully saturated rings. The van der Waals surface area contributed by atoms with Gasteiger partial charge in [0.05, 0.1) is 36.3 Å². The standard InChI is InChI=1S/C26H36N6O4/c1-3-27-9-13-29(14-10-27)21-17-23(33)31(25(21)35)19-5-7-20(8-6-19)32-24(34)18-22(26(32)36)30-15-11-28(4-2)12-16-30/h5-8,21-22H,3-4,9-18H2,1-2H3/t21-,22+. The second-order valence-corrected chi connectivity index (χ2v) is 10.0. The highest BCUT2D eigenvalue weighted by molar-refractivity contribution is 6.24. The van der Waals surface area contributed by atoms with Crippen molar-refractivity contribution in [2.45, 2.75) is 38.8 Å². The van der Waals surface area contributed by atoms with Crippen LogP contribution in [0.5, 0.6) is 0 Å². The maximum Gasteiger partial charge on any atom is 0.251 e. The smallest absolute Gasteiger partial charge is 0.251 e. The van der Waals surface area contributed by atoms with Crippen molar-refractivity contribution in [1.82, 2.24) is 19.6 Å². The van der Waals surface area contributed by atoms with Crippen LogP contribution in [0.15, 0.2) is 24.3 Å². The van der Waals surface area contributed by atoms with E-state index in [4.69, 9.17) is 0 Å². The quantitative estimate of drug-likeness (QED) is 0.517. The number of carbonyl (C=O) groups is 4. The molecule has 10 nitrogen and oxygen atoms in total. The van der Waals surface area contributed by atoms with Gasteiger partial charge in [-0.1, -0.05) is 13.8 Å². The monoisotopic (exact) mass is 496 g/mol. The van der Waals surface area contributed by atoms with Gasteiger partial charge < -0.3 is 9.80 Å². The summed E-state index contributed by atoms with van der Waals surface area (Å²) >= 11 is 0. The lowest BCUT2D eigenvalue weighted by molar-refractivity contribution is -0.124. The number of hydrogen-bond donors (Lipinski definition) is 0. The summed E-state index contributed by atoms with van der Waals surface area (Å²) in [4.78, 5) is 63.4. The number of piperazine rings is 2. The molecular formula is C26H36N6O4. The van der Waals surface area contributed by atoms with Crippen molar-refractivity contribution >= 4 is 35.0 Å². The average Bonchev–Trinajstić information content (AvgIpc) is 3.38. The maximum absolute atomic E-state index is 13.2. The van der Waals surface area contributed by atoms with Gasteiger partial charge in [0.15, 0.2) is 0 Å². The normalized spacial score (nSPS) is 27.6. The first-order chi connectivity index (χ1) is 17.4. The minimum Gasteiger partial charge on any atom is -0.301 e. The van der Waals surface area contributed by atoms with Crippen LogP contribution in [0.3, 0.4) is 0 Å². The highest BCUT2D eigenvalue weighted by Crippen LogP contribution is 2.31. The van der Waals surface area contributed by atoms with Crippen LogP contribution in [0.2, 0.25) is 0 Å². The Kier molecular flexibility index (Phi) is 7.21. The molecule has 4 heterocycles. The Balaban J connectivity index is 1.25. The number of likely N-dealkylation sites (N-methyl/N-ethyl adjacent to an activating group) is 2. The summed E-state index contributed by atoms with van der Waals surface area (Å²) in [5, 5.41) is 0. The molecule has 36 heavy (non-hydrogen) atoms. The lowest BCUT2D eigenvalue weighted by Gasteiger charge is -2.36. The predicted octanol–water partition coefficient (Wildman–Crippen LogP) is 0.225. The van der Waals surface area contributed by atoms with E-state index < -0.39 is 12.1 Å². The van der Waals surface area contributed by atoms with Gasteiger partial charge in [-0.3, -0.25) is 29.0 Å². The number of imide groups is 2. The number of nitrogens with zero attached hydrogens (tertiary/aromatic N) is 6. The van der Waals surface area contributed by atoms with Crippen LogP contribution in [0.1, 0.15) is 26.7 Å². The van der Waals surface area contributed by atoms with Gasteiger partial charge in [-0.2, -0.15) is 0 Å². The molecule has 0 aromatic heterocycles. The topological polar surface area (TPSA) is 87.7 Å². The molecule has 1 aromatic rings. The van der Waals surface area contributed by atoms with Crippen LogP contribution in [0.4, 0.5) is 11.4 Å². The second kappa shape index (κ2) is 10.4. The molecule has 4 aliphatic rings. The molecule has 0 N–H and O–H groups in total. The third kappa shape index (κ3) is 4.58. The van der Waals surface area contributed by atoms with E-state index in [2.05, 4.69) is 33.4 Å². The lowest BCUT2D eigenvalue weighted by atomic mass is 10.1. The summed E-state index contributed by atoms with van der Waals surface area (Å²) in [6.45, 7) is 12.9. The third-order valence-corrected chi connectivity index (χ3v) is 8.20. The number of benzene rings is 1. The van der Waals surface area contributed by atoms with Gasteiger partial charge in [0.25, 0.3) is 11.8 Å². The fourth-order valence-corrected chi connectivity index (χ4v) is 5.88. The molecule has 0 aliphatic carbocycles. The number of rotatable bonds is 6. The Hall–Kier alpha value is -2.66. The first kappa shape index (κ1) is 25.0. The summed E-state index contributed by atoms with van der Waals surface area (Å²) in [6, 6.07) is 5.80. The fourth-order valence-electron chi connectivity index (χ4n) is 5.88. The van der Waals surface area contributed by atoms with E-state index in [1.54, 1.807) is 24.3 Å². The molecule has 0 bridgehead atoms. The average molecular weight is 497 g/mol. The van der Waals surface area contributed by atoms with Gasteiger partial charge in [-0.15, -0.1) is 0 Å². The molecular weight excluding hydrogens is 460 g/mol. The Labute approximate surface area is 212 Å². The first-order valence-corrected chi connectivity index (χ1v) is 13.2. The largest absolute Gasteiger partial charge is 0.301 e. The van der Waals surface area contributed by atoms with Crippen molar-refractivity contribution < 1.29 is 19.2 Å². The molecule has 4 saturated heterocycles. The molecule has 4 aliphatic heterocycles. The number of hydrogen-bond acceptors (Lipinski definition) is 8. The van der Waals surface area contributed by atoms with Crippen molar-refractivity contribution in [2.75, 3.05) is 75.2 Å². The summed E-state index contributed by atoms with van der Waals surface area (Å²) in [5.41, 5.74) is 0.963. The van der Waals surface area contributed by atoms with Gasteiger partial charge in [0, 0.05) is 52.4 Å². The maximum atomic E-state index is 13.2. The molecule has 0 radical (unpaired) electrons. The van der Waals surface area contributed by atoms with Gasteiger partial charge in [-0.25, -0.2) is 9.80 Å². The van der Waals surface area contributed by atoms with Gasteiger partial charge >= 0.3 is 0 Å². The first-order valence-electron chi connectivity index (χ1n) is 13.2. The highest BCUT2D eigenvalue weighted by Gasteiger charge is 2.45. The third-order valence-electron chi connectivity index (χ3n) is 8.20. The fraction of sp³-hybridized carbons (Fsp3) is 0.615. The van der Waals surface area contributed by atoms with Gasteiger partial charge in [0.2, 0.25) is 11.8 Å². The van der Waals surface area contributed by atoms with Gasteiger partial charge in [-0.05, 0) is 37.4 Å². The predicted molar refractivity (Wildman–Crippen MR) is 136 cm³/mol. The minimum absolute atomic E-state index is 0.183. The van der Waals surface area contributed by atoms with E-state index in [-0.39, 0.29) is 36.5 Å². The zero-order valence-corrected chi connectivity index (χ0v) is 21.3. The molecule has 194 valence electrons. The Morgan fingerprint density at radius 1 is 0.583 bits per heavy atom. The molecule has 0 saturated carbocycles. The van der Waals surface area contributed by atoms with E-state index >= 15 is 0 Å². The van der Waals surface area contributed by atoms with Crippen molar-refractivity contribution in [3.05, 3.63) is 24.3 Å². The second-order valence-electron chi connectivity index (χ2n) is 10.0. The molecule has 1 aromatic carbocycles. The molecule has 10 heteroatoms. The zero-order valence-electron chi connectivity index (χ0n) is 21.3. The highest BCUT2D eigenvalue weighted by atomic mass is 16.2. The Morgan fingerprint density at radius 3 is 1.22 bits per heavy atom. The van der Waals surface area contributed by atoms with Gasteiger partial charge in [0.1, 0.15) is 0 Å². The van der Waals surface area contributed by atoms with E-state index in [1.165, 1.54) is 9.80 Å². The number of carbonyl (C=O) groups excluding carboxylic acids is 4. The van der Waals surface area contributed by atoms with Crippen molar-refractivity contribution in [3.8, 4) is 0 Å². The molecule has 5 rings (SSSR count). The minimum atomic E-state index is -0.424. The van der Waals surface area contributed by atoms with E-state index in [9.17, 15) is 19.2 Å².